The highest BCUT2D eigenvalue weighted by Gasteiger charge is 2.21. The molecule has 1 aliphatic rings. The van der Waals surface area contributed by atoms with Gasteiger partial charge in [-0.3, -0.25) is 0 Å². The van der Waals surface area contributed by atoms with Crippen LogP contribution in [0.15, 0.2) is 158 Å². The predicted octanol–water partition coefficient (Wildman–Crippen LogP) is 12.8. The van der Waals surface area contributed by atoms with E-state index >= 15 is 0 Å². The van der Waals surface area contributed by atoms with Crippen molar-refractivity contribution in [3.8, 4) is 67.0 Å². The average Bonchev–Trinajstić information content (AvgIpc) is 3.94. The van der Waals surface area contributed by atoms with Gasteiger partial charge in [-0.1, -0.05) is 115 Å². The number of thiophene rings is 1. The number of thiazole rings is 1. The summed E-state index contributed by atoms with van der Waals surface area (Å²) in [5.74, 6) is 2.00. The molecule has 11 rings (SSSR count). The third kappa shape index (κ3) is 5.18. The number of rotatable bonds is 5. The maximum Gasteiger partial charge on any atom is 0.164 e. The van der Waals surface area contributed by atoms with Crippen molar-refractivity contribution in [1.82, 2.24) is 19.9 Å². The first-order valence-corrected chi connectivity index (χ1v) is 19.3. The number of aromatic nitrogens is 4. The second-order valence-corrected chi connectivity index (χ2v) is 15.6. The SMILES string of the molecule is c1ccc(-c2nc(-c3ccc4c(c3)-c3ccccc3C4)nc(-c3cccc4sc5ccc(-c6cccc(-c7nc8ccccc8s7)c6)cc5c34)n2)cc1. The van der Waals surface area contributed by atoms with Crippen LogP contribution in [0.1, 0.15) is 11.1 Å². The van der Waals surface area contributed by atoms with E-state index in [0.29, 0.717) is 17.5 Å². The van der Waals surface area contributed by atoms with Crippen LogP contribution in [-0.4, -0.2) is 19.9 Å². The molecule has 0 spiro atoms. The first-order valence-electron chi connectivity index (χ1n) is 17.7. The lowest BCUT2D eigenvalue weighted by Gasteiger charge is -2.11. The fraction of sp³-hybridized carbons (Fsp3) is 0.0213. The molecule has 6 heteroatoms. The molecule has 248 valence electrons. The molecule has 0 N–H and O–H groups in total. The lowest BCUT2D eigenvalue weighted by Crippen LogP contribution is -2.00. The van der Waals surface area contributed by atoms with Gasteiger partial charge in [0, 0.05) is 42.4 Å². The van der Waals surface area contributed by atoms with E-state index in [1.165, 1.54) is 41.7 Å². The summed E-state index contributed by atoms with van der Waals surface area (Å²) >= 11 is 3.54. The molecule has 7 aromatic carbocycles. The normalized spacial score (nSPS) is 12.1. The van der Waals surface area contributed by atoms with Gasteiger partial charge in [0.25, 0.3) is 0 Å². The van der Waals surface area contributed by atoms with Gasteiger partial charge in [-0.2, -0.15) is 0 Å². The van der Waals surface area contributed by atoms with Gasteiger partial charge in [0.1, 0.15) is 5.01 Å². The summed E-state index contributed by atoms with van der Waals surface area (Å²) in [4.78, 5) is 20.4. The molecule has 0 saturated heterocycles. The molecule has 3 heterocycles. The van der Waals surface area contributed by atoms with Gasteiger partial charge in [0.05, 0.1) is 10.2 Å². The van der Waals surface area contributed by atoms with E-state index in [1.807, 2.05) is 24.3 Å². The average molecular weight is 713 g/mol. The molecule has 3 aromatic heterocycles. The minimum Gasteiger partial charge on any atom is -0.236 e. The first-order chi connectivity index (χ1) is 26.2. The summed E-state index contributed by atoms with van der Waals surface area (Å²) in [6.45, 7) is 0. The maximum atomic E-state index is 5.24. The van der Waals surface area contributed by atoms with Crippen molar-refractivity contribution in [2.75, 3.05) is 0 Å². The van der Waals surface area contributed by atoms with Crippen LogP contribution < -0.4 is 0 Å². The van der Waals surface area contributed by atoms with E-state index in [4.69, 9.17) is 19.9 Å². The second kappa shape index (κ2) is 12.1. The summed E-state index contributed by atoms with van der Waals surface area (Å²) in [6, 6.07) is 55.9. The molecule has 0 aliphatic heterocycles. The van der Waals surface area contributed by atoms with Gasteiger partial charge in [0.2, 0.25) is 0 Å². The number of nitrogens with zero attached hydrogens (tertiary/aromatic N) is 4. The van der Waals surface area contributed by atoms with Gasteiger partial charge >= 0.3 is 0 Å². The number of para-hydroxylation sites is 1. The summed E-state index contributed by atoms with van der Waals surface area (Å²) in [5.41, 5.74) is 12.7. The Labute approximate surface area is 313 Å². The summed E-state index contributed by atoms with van der Waals surface area (Å²) in [5, 5.41) is 3.39. The zero-order valence-corrected chi connectivity index (χ0v) is 30.0. The number of hydrogen-bond donors (Lipinski definition) is 0. The molecule has 0 amide bonds. The van der Waals surface area contributed by atoms with Gasteiger partial charge in [-0.15, -0.1) is 22.7 Å². The molecular formula is C47H28N4S2. The van der Waals surface area contributed by atoms with Crippen molar-refractivity contribution < 1.29 is 0 Å². The highest BCUT2D eigenvalue weighted by Crippen LogP contribution is 2.43. The lowest BCUT2D eigenvalue weighted by molar-refractivity contribution is 1.08. The van der Waals surface area contributed by atoms with E-state index in [0.717, 1.165) is 55.7 Å². The minimum absolute atomic E-state index is 0.662. The Balaban J connectivity index is 1.07. The fourth-order valence-corrected chi connectivity index (χ4v) is 9.70. The van der Waals surface area contributed by atoms with E-state index in [-0.39, 0.29) is 0 Å². The van der Waals surface area contributed by atoms with Gasteiger partial charge in [-0.05, 0) is 82.3 Å². The second-order valence-electron chi connectivity index (χ2n) is 13.4. The molecule has 0 bridgehead atoms. The van der Waals surface area contributed by atoms with Crippen LogP contribution in [0, 0.1) is 0 Å². The quantitative estimate of drug-likeness (QED) is 0.178. The fourth-order valence-electron chi connectivity index (χ4n) is 7.62. The number of hydrogen-bond acceptors (Lipinski definition) is 6. The molecule has 53 heavy (non-hydrogen) atoms. The van der Waals surface area contributed by atoms with Crippen LogP contribution in [0.25, 0.3) is 97.4 Å². The van der Waals surface area contributed by atoms with E-state index in [9.17, 15) is 0 Å². The molecule has 0 atom stereocenters. The van der Waals surface area contributed by atoms with Gasteiger partial charge in [0.15, 0.2) is 17.5 Å². The Morgan fingerprint density at radius 1 is 0.377 bits per heavy atom. The Hall–Kier alpha value is -6.34. The molecule has 1 aliphatic carbocycles. The Bertz CT molecular complexity index is 3020. The number of benzene rings is 7. The van der Waals surface area contributed by atoms with Crippen molar-refractivity contribution in [2.45, 2.75) is 6.42 Å². The molecule has 0 radical (unpaired) electrons. The van der Waals surface area contributed by atoms with Crippen LogP contribution in [0.4, 0.5) is 0 Å². The van der Waals surface area contributed by atoms with Crippen LogP contribution in [0.2, 0.25) is 0 Å². The zero-order chi connectivity index (χ0) is 34.9. The zero-order valence-electron chi connectivity index (χ0n) is 28.3. The Morgan fingerprint density at radius 2 is 1.06 bits per heavy atom. The van der Waals surface area contributed by atoms with Crippen molar-refractivity contribution >= 4 is 53.1 Å². The number of fused-ring (bicyclic) bond motifs is 7. The standard InChI is InChI=1S/C47H28N4S2/c1-2-10-28(11-3-1)44-49-45(33-21-20-32-25-31-12-4-5-15-35(31)37(32)27-33)51-46(50-44)36-16-9-19-42-43(36)38-26-30(22-23-40(38)52-42)29-13-8-14-34(24-29)47-48-39-17-6-7-18-41(39)53-47/h1-24,26-27H,25H2. The smallest absolute Gasteiger partial charge is 0.164 e. The lowest BCUT2D eigenvalue weighted by atomic mass is 9.99. The molecule has 0 unspecified atom stereocenters. The van der Waals surface area contributed by atoms with Crippen LogP contribution in [-0.2, 0) is 6.42 Å². The third-order valence-electron chi connectivity index (χ3n) is 10.2. The highest BCUT2D eigenvalue weighted by atomic mass is 32.1. The summed E-state index contributed by atoms with van der Waals surface area (Å²) in [6.07, 6.45) is 0.949. The maximum absolute atomic E-state index is 5.24. The van der Waals surface area contributed by atoms with E-state index < -0.39 is 0 Å². The van der Waals surface area contributed by atoms with Gasteiger partial charge < -0.3 is 0 Å². The largest absolute Gasteiger partial charge is 0.236 e. The molecular weight excluding hydrogens is 685 g/mol. The van der Waals surface area contributed by atoms with Crippen LogP contribution in [0.3, 0.4) is 0 Å². The monoisotopic (exact) mass is 712 g/mol. The molecule has 0 fully saturated rings. The minimum atomic E-state index is 0.662. The summed E-state index contributed by atoms with van der Waals surface area (Å²) in [7, 11) is 0. The molecule has 0 saturated carbocycles. The Morgan fingerprint density at radius 3 is 1.98 bits per heavy atom. The van der Waals surface area contributed by atoms with Crippen LogP contribution in [0.5, 0.6) is 0 Å². The van der Waals surface area contributed by atoms with Gasteiger partial charge in [-0.25, -0.2) is 19.9 Å². The molecule has 4 nitrogen and oxygen atoms in total. The van der Waals surface area contributed by atoms with E-state index in [2.05, 4.69) is 133 Å². The summed E-state index contributed by atoms with van der Waals surface area (Å²) < 4.78 is 3.63. The topological polar surface area (TPSA) is 51.6 Å². The molecule has 10 aromatic rings. The predicted molar refractivity (Wildman–Crippen MR) is 221 cm³/mol. The van der Waals surface area contributed by atoms with Crippen molar-refractivity contribution in [3.63, 3.8) is 0 Å². The highest BCUT2D eigenvalue weighted by molar-refractivity contribution is 7.26. The van der Waals surface area contributed by atoms with Crippen molar-refractivity contribution in [2.24, 2.45) is 0 Å². The van der Waals surface area contributed by atoms with Crippen LogP contribution >= 0.6 is 22.7 Å². The third-order valence-corrected chi connectivity index (χ3v) is 12.4. The van der Waals surface area contributed by atoms with Crippen molar-refractivity contribution in [3.05, 3.63) is 169 Å². The van der Waals surface area contributed by atoms with Crippen molar-refractivity contribution in [1.29, 1.82) is 0 Å². The Kier molecular flexibility index (Phi) is 6.93. The first kappa shape index (κ1) is 30.3. The van der Waals surface area contributed by atoms with E-state index in [1.54, 1.807) is 22.7 Å².